The first-order chi connectivity index (χ1) is 9.62. The van der Waals surface area contributed by atoms with Gasteiger partial charge in [-0.25, -0.2) is 16.8 Å². The lowest BCUT2D eigenvalue weighted by Gasteiger charge is -2.32. The number of hydrogen-bond donors (Lipinski definition) is 1. The Morgan fingerprint density at radius 3 is 2.05 bits per heavy atom. The van der Waals surface area contributed by atoms with Gasteiger partial charge in [-0.1, -0.05) is 0 Å². The van der Waals surface area contributed by atoms with Crippen molar-refractivity contribution in [1.82, 2.24) is 8.61 Å². The predicted molar refractivity (Wildman–Crippen MR) is 83.7 cm³/mol. The molecule has 0 aromatic heterocycles. The molecule has 0 saturated carbocycles. The number of rotatable bonds is 3. The molecule has 0 atom stereocenters. The Hall–Kier alpha value is -0.680. The van der Waals surface area contributed by atoms with E-state index in [-0.39, 0.29) is 31.1 Å². The summed E-state index contributed by atoms with van der Waals surface area (Å²) in [7, 11) is -6.95. The van der Waals surface area contributed by atoms with Crippen LogP contribution in [0.25, 0.3) is 0 Å². The van der Waals surface area contributed by atoms with E-state index in [0.29, 0.717) is 10.2 Å². The van der Waals surface area contributed by atoms with E-state index in [9.17, 15) is 16.8 Å². The number of anilines is 1. The number of halogens is 1. The molecule has 0 radical (unpaired) electrons. The maximum absolute atomic E-state index is 12.5. The van der Waals surface area contributed by atoms with E-state index in [1.54, 1.807) is 6.07 Å². The number of nitrogen functional groups attached to an aromatic ring is 1. The third-order valence-corrected chi connectivity index (χ3v) is 7.19. The molecule has 1 fully saturated rings. The molecule has 10 heteroatoms. The van der Waals surface area contributed by atoms with E-state index in [1.807, 2.05) is 0 Å². The van der Waals surface area contributed by atoms with Crippen LogP contribution in [-0.2, 0) is 20.0 Å². The summed E-state index contributed by atoms with van der Waals surface area (Å²) in [5, 5.41) is 0. The Labute approximate surface area is 132 Å². The van der Waals surface area contributed by atoms with Crippen molar-refractivity contribution >= 4 is 41.7 Å². The number of benzene rings is 1. The van der Waals surface area contributed by atoms with Gasteiger partial charge in [-0.2, -0.15) is 8.61 Å². The standard InChI is InChI=1S/C11H16BrN3O4S2/c1-20(16,17)14-4-6-15(7-5-14)21(18,19)9-2-3-10(12)11(13)8-9/h2-3,8H,4-7,13H2,1H3. The topological polar surface area (TPSA) is 101 Å². The molecule has 0 aliphatic carbocycles. The number of hydrogen-bond acceptors (Lipinski definition) is 5. The van der Waals surface area contributed by atoms with Crippen molar-refractivity contribution in [3.8, 4) is 0 Å². The molecule has 1 heterocycles. The smallest absolute Gasteiger partial charge is 0.243 e. The summed E-state index contributed by atoms with van der Waals surface area (Å²) < 4.78 is 51.0. The summed E-state index contributed by atoms with van der Waals surface area (Å²) >= 11 is 3.22. The second-order valence-electron chi connectivity index (χ2n) is 4.75. The number of sulfonamides is 2. The van der Waals surface area contributed by atoms with E-state index in [0.717, 1.165) is 6.26 Å². The largest absolute Gasteiger partial charge is 0.398 e. The molecule has 1 aromatic rings. The average Bonchev–Trinajstić information content (AvgIpc) is 2.41. The number of nitrogens with zero attached hydrogens (tertiary/aromatic N) is 2. The minimum Gasteiger partial charge on any atom is -0.398 e. The van der Waals surface area contributed by atoms with E-state index in [4.69, 9.17) is 5.73 Å². The molecular formula is C11H16BrN3O4S2. The van der Waals surface area contributed by atoms with Crippen LogP contribution in [0.3, 0.4) is 0 Å². The third-order valence-electron chi connectivity index (χ3n) is 3.27. The van der Waals surface area contributed by atoms with Gasteiger partial charge in [0.25, 0.3) is 0 Å². The summed E-state index contributed by atoms with van der Waals surface area (Å²) in [6.07, 6.45) is 1.12. The minimum atomic E-state index is -3.66. The van der Waals surface area contributed by atoms with Crippen LogP contribution in [-0.4, -0.2) is 57.9 Å². The molecule has 1 aliphatic heterocycles. The fourth-order valence-electron chi connectivity index (χ4n) is 2.07. The maximum Gasteiger partial charge on any atom is 0.243 e. The summed E-state index contributed by atoms with van der Waals surface area (Å²) in [5.74, 6) is 0. The lowest BCUT2D eigenvalue weighted by molar-refractivity contribution is 0.274. The summed E-state index contributed by atoms with van der Waals surface area (Å²) in [6, 6.07) is 4.44. The van der Waals surface area contributed by atoms with Gasteiger partial charge in [0.15, 0.2) is 0 Å². The average molecular weight is 398 g/mol. The summed E-state index contributed by atoms with van der Waals surface area (Å²) in [6.45, 7) is 0.574. The highest BCUT2D eigenvalue weighted by Gasteiger charge is 2.31. The molecule has 21 heavy (non-hydrogen) atoms. The SMILES string of the molecule is CS(=O)(=O)N1CCN(S(=O)(=O)c2ccc(Br)c(N)c2)CC1. The highest BCUT2D eigenvalue weighted by atomic mass is 79.9. The zero-order valence-corrected chi connectivity index (χ0v) is 14.6. The first-order valence-corrected chi connectivity index (χ1v) is 10.2. The molecule has 1 saturated heterocycles. The van der Waals surface area contributed by atoms with Crippen molar-refractivity contribution in [3.05, 3.63) is 22.7 Å². The Morgan fingerprint density at radius 2 is 1.57 bits per heavy atom. The molecular weight excluding hydrogens is 382 g/mol. The fourth-order valence-corrected chi connectivity index (χ4v) is 4.60. The van der Waals surface area contributed by atoms with Crippen molar-refractivity contribution < 1.29 is 16.8 Å². The molecule has 0 unspecified atom stereocenters. The van der Waals surface area contributed by atoms with Crippen LogP contribution in [0.15, 0.2) is 27.6 Å². The van der Waals surface area contributed by atoms with Crippen LogP contribution in [0.2, 0.25) is 0 Å². The predicted octanol–water partition coefficient (Wildman–Crippen LogP) is 0.297. The zero-order chi connectivity index (χ0) is 15.8. The van der Waals surface area contributed by atoms with Crippen molar-refractivity contribution in [2.75, 3.05) is 38.2 Å². The molecule has 1 aromatic carbocycles. The van der Waals surface area contributed by atoms with Crippen LogP contribution < -0.4 is 5.73 Å². The first kappa shape index (κ1) is 16.7. The molecule has 2 rings (SSSR count). The van der Waals surface area contributed by atoms with Gasteiger partial charge in [-0.3, -0.25) is 0 Å². The molecule has 118 valence electrons. The van der Waals surface area contributed by atoms with Crippen LogP contribution in [0.1, 0.15) is 0 Å². The lowest BCUT2D eigenvalue weighted by atomic mass is 10.3. The van der Waals surface area contributed by atoms with E-state index in [1.165, 1.54) is 20.7 Å². The molecule has 1 aliphatic rings. The van der Waals surface area contributed by atoms with Gasteiger partial charge in [-0.15, -0.1) is 0 Å². The lowest BCUT2D eigenvalue weighted by Crippen LogP contribution is -2.50. The van der Waals surface area contributed by atoms with E-state index in [2.05, 4.69) is 15.9 Å². The van der Waals surface area contributed by atoms with Gasteiger partial charge in [0, 0.05) is 36.3 Å². The second kappa shape index (κ2) is 5.84. The first-order valence-electron chi connectivity index (χ1n) is 6.12. The third kappa shape index (κ3) is 3.57. The normalized spacial score (nSPS) is 18.8. The number of piperazine rings is 1. The van der Waals surface area contributed by atoms with Crippen molar-refractivity contribution in [2.24, 2.45) is 0 Å². The van der Waals surface area contributed by atoms with Gasteiger partial charge >= 0.3 is 0 Å². The molecule has 7 nitrogen and oxygen atoms in total. The molecule has 0 spiro atoms. The number of nitrogens with two attached hydrogens (primary N) is 1. The van der Waals surface area contributed by atoms with Gasteiger partial charge in [0.05, 0.1) is 11.2 Å². The van der Waals surface area contributed by atoms with Gasteiger partial charge in [0.2, 0.25) is 20.0 Å². The van der Waals surface area contributed by atoms with Gasteiger partial charge in [0.1, 0.15) is 0 Å². The molecule has 2 N–H and O–H groups in total. The quantitative estimate of drug-likeness (QED) is 0.738. The maximum atomic E-state index is 12.5. The molecule has 0 amide bonds. The molecule has 0 bridgehead atoms. The van der Waals surface area contributed by atoms with Crippen LogP contribution in [0, 0.1) is 0 Å². The Balaban J connectivity index is 2.20. The highest BCUT2D eigenvalue weighted by Crippen LogP contribution is 2.25. The van der Waals surface area contributed by atoms with Crippen molar-refractivity contribution in [2.45, 2.75) is 4.90 Å². The Morgan fingerprint density at radius 1 is 1.05 bits per heavy atom. The highest BCUT2D eigenvalue weighted by molar-refractivity contribution is 9.10. The van der Waals surface area contributed by atoms with Crippen molar-refractivity contribution in [1.29, 1.82) is 0 Å². The Bertz CT molecular complexity index is 741. The van der Waals surface area contributed by atoms with Gasteiger partial charge in [-0.05, 0) is 34.1 Å². The van der Waals surface area contributed by atoms with E-state index >= 15 is 0 Å². The zero-order valence-electron chi connectivity index (χ0n) is 11.4. The fraction of sp³-hybridized carbons (Fsp3) is 0.455. The van der Waals surface area contributed by atoms with Gasteiger partial charge < -0.3 is 5.73 Å². The minimum absolute atomic E-state index is 0.107. The second-order valence-corrected chi connectivity index (χ2v) is 9.52. The van der Waals surface area contributed by atoms with Crippen molar-refractivity contribution in [3.63, 3.8) is 0 Å². The van der Waals surface area contributed by atoms with E-state index < -0.39 is 20.0 Å². The summed E-state index contributed by atoms with van der Waals surface area (Å²) in [4.78, 5) is 0.107. The Kier molecular flexibility index (Phi) is 4.64. The van der Waals surface area contributed by atoms with Crippen LogP contribution in [0.4, 0.5) is 5.69 Å². The summed E-state index contributed by atoms with van der Waals surface area (Å²) in [5.41, 5.74) is 6.05. The van der Waals surface area contributed by atoms with Crippen LogP contribution >= 0.6 is 15.9 Å². The van der Waals surface area contributed by atoms with Crippen LogP contribution in [0.5, 0.6) is 0 Å². The monoisotopic (exact) mass is 397 g/mol.